The molecule has 4 amide bonds. The Balaban J connectivity index is 1.74. The van der Waals surface area contributed by atoms with Gasteiger partial charge in [-0.25, -0.2) is 9.59 Å². The van der Waals surface area contributed by atoms with Crippen LogP contribution < -0.4 is 16.0 Å². The van der Waals surface area contributed by atoms with E-state index in [9.17, 15) is 24.3 Å². The summed E-state index contributed by atoms with van der Waals surface area (Å²) >= 11 is 1.38. The maximum Gasteiger partial charge on any atom is 0.337 e. The van der Waals surface area contributed by atoms with Crippen LogP contribution >= 0.6 is 11.8 Å². The molecular weight excluding hydrogens is 572 g/mol. The molecule has 1 aromatic carbocycles. The van der Waals surface area contributed by atoms with Crippen molar-refractivity contribution in [1.29, 1.82) is 0 Å². The highest BCUT2D eigenvalue weighted by molar-refractivity contribution is 7.98. The molecule has 2 unspecified atom stereocenters. The fourth-order valence-electron chi connectivity index (χ4n) is 5.49. The number of thioether (sulfide) groups is 1. The summed E-state index contributed by atoms with van der Waals surface area (Å²) in [6.45, 7) is 5.11. The molecule has 11 nitrogen and oxygen atoms in total. The number of nitrogens with zero attached hydrogens (tertiary/aromatic N) is 1. The van der Waals surface area contributed by atoms with Gasteiger partial charge in [0.05, 0.1) is 25.4 Å². The van der Waals surface area contributed by atoms with E-state index in [0.29, 0.717) is 32.7 Å². The summed E-state index contributed by atoms with van der Waals surface area (Å²) in [7, 11) is 0. The standard InChI is InChI=1S/C31H48N4O7S/c1-21(2)42-30(39)27(36)24(18-22-10-6-4-7-11-22)32-29(38)26(20-43-3)33-28(37)25(19-23-12-8-5-9-13-23)34-31(40)35-14-16-41-17-15-35/h5,8-9,12-13,21-22,24-27,36H,4,6-7,10-11,14-20H2,1-3H3,(H,32,38)(H,33,37)(H,34,40)/t24-,25?,26?,27+/m0/s1. The van der Waals surface area contributed by atoms with Crippen molar-refractivity contribution >= 4 is 35.6 Å². The average molecular weight is 621 g/mol. The SMILES string of the molecule is CSCC(NC(=O)C(Cc1ccccc1)NC(=O)N1CCOCC1)C(=O)N[C@@H](CC1CCCCC1)[C@@H](O)C(=O)OC(C)C. The molecule has 0 spiro atoms. The second-order valence-corrected chi connectivity index (χ2v) is 12.5. The van der Waals surface area contributed by atoms with Crippen LogP contribution in [0.25, 0.3) is 0 Å². The van der Waals surface area contributed by atoms with Gasteiger partial charge in [-0.2, -0.15) is 11.8 Å². The second-order valence-electron chi connectivity index (χ2n) is 11.6. The Hall–Kier alpha value is -2.83. The highest BCUT2D eigenvalue weighted by atomic mass is 32.2. The monoisotopic (exact) mass is 620 g/mol. The lowest BCUT2D eigenvalue weighted by atomic mass is 9.83. The average Bonchev–Trinajstić information content (AvgIpc) is 3.00. The van der Waals surface area contributed by atoms with Crippen LogP contribution in [0.15, 0.2) is 30.3 Å². The Morgan fingerprint density at radius 1 is 0.977 bits per heavy atom. The molecule has 1 aromatic rings. The van der Waals surface area contributed by atoms with Gasteiger partial charge in [-0.1, -0.05) is 62.4 Å². The highest BCUT2D eigenvalue weighted by Gasteiger charge is 2.35. The number of rotatable bonds is 14. The lowest BCUT2D eigenvalue weighted by Crippen LogP contribution is -2.59. The number of ether oxygens (including phenoxy) is 2. The maximum absolute atomic E-state index is 13.6. The number of urea groups is 1. The zero-order chi connectivity index (χ0) is 31.2. The molecule has 1 saturated heterocycles. The molecule has 2 fully saturated rings. The summed E-state index contributed by atoms with van der Waals surface area (Å²) < 4.78 is 10.6. The minimum Gasteiger partial charge on any atom is -0.461 e. The number of carbonyl (C=O) groups excluding carboxylic acids is 4. The first kappa shape index (κ1) is 34.7. The van der Waals surface area contributed by atoms with Crippen LogP contribution in [-0.2, 0) is 30.3 Å². The number of hydrogen-bond acceptors (Lipinski definition) is 8. The number of hydrogen-bond donors (Lipinski definition) is 4. The molecular formula is C31H48N4O7S. The summed E-state index contributed by atoms with van der Waals surface area (Å²) in [4.78, 5) is 54.5. The first-order chi connectivity index (χ1) is 20.7. The maximum atomic E-state index is 13.6. The van der Waals surface area contributed by atoms with Crippen molar-refractivity contribution in [2.75, 3.05) is 38.3 Å². The number of esters is 1. The number of aliphatic hydroxyl groups is 1. The van der Waals surface area contributed by atoms with E-state index in [1.807, 2.05) is 36.6 Å². The fraction of sp³-hybridized carbons (Fsp3) is 0.677. The van der Waals surface area contributed by atoms with Crippen molar-refractivity contribution in [3.63, 3.8) is 0 Å². The number of amides is 4. The molecule has 1 heterocycles. The zero-order valence-corrected chi connectivity index (χ0v) is 26.4. The third-order valence-electron chi connectivity index (χ3n) is 7.78. The quantitative estimate of drug-likeness (QED) is 0.232. The summed E-state index contributed by atoms with van der Waals surface area (Å²) in [6.07, 6.45) is 5.78. The predicted octanol–water partition coefficient (Wildman–Crippen LogP) is 2.26. The Morgan fingerprint density at radius 3 is 2.26 bits per heavy atom. The lowest BCUT2D eigenvalue weighted by molar-refractivity contribution is -0.159. The first-order valence-electron chi connectivity index (χ1n) is 15.3. The van der Waals surface area contributed by atoms with Gasteiger partial charge in [0.15, 0.2) is 6.10 Å². The topological polar surface area (TPSA) is 146 Å². The normalized spacial score (nSPS) is 18.7. The molecule has 1 saturated carbocycles. The highest BCUT2D eigenvalue weighted by Crippen LogP contribution is 2.28. The molecule has 4 N–H and O–H groups in total. The summed E-state index contributed by atoms with van der Waals surface area (Å²) in [5.41, 5.74) is 0.857. The molecule has 12 heteroatoms. The summed E-state index contributed by atoms with van der Waals surface area (Å²) in [5, 5.41) is 19.5. The van der Waals surface area contributed by atoms with Crippen molar-refractivity contribution in [3.05, 3.63) is 35.9 Å². The van der Waals surface area contributed by atoms with Crippen LogP contribution in [0, 0.1) is 5.92 Å². The zero-order valence-electron chi connectivity index (χ0n) is 25.6. The van der Waals surface area contributed by atoms with E-state index in [1.165, 1.54) is 11.8 Å². The van der Waals surface area contributed by atoms with Gasteiger partial charge >= 0.3 is 12.0 Å². The first-order valence-corrected chi connectivity index (χ1v) is 16.7. The molecule has 4 atom stereocenters. The Bertz CT molecular complexity index is 1030. The minimum atomic E-state index is -1.53. The van der Waals surface area contributed by atoms with Crippen LogP contribution in [0.5, 0.6) is 0 Å². The van der Waals surface area contributed by atoms with Gasteiger partial charge in [0, 0.05) is 25.3 Å². The van der Waals surface area contributed by atoms with Gasteiger partial charge in [-0.3, -0.25) is 9.59 Å². The molecule has 1 aliphatic carbocycles. The van der Waals surface area contributed by atoms with E-state index < -0.39 is 48.1 Å². The molecule has 43 heavy (non-hydrogen) atoms. The van der Waals surface area contributed by atoms with E-state index in [1.54, 1.807) is 18.7 Å². The summed E-state index contributed by atoms with van der Waals surface area (Å²) in [5.74, 6) is -1.26. The van der Waals surface area contributed by atoms with Crippen LogP contribution in [-0.4, -0.2) is 102 Å². The minimum absolute atomic E-state index is 0.237. The summed E-state index contributed by atoms with van der Waals surface area (Å²) in [6, 6.07) is 6.23. The number of carbonyl (C=O) groups is 4. The number of aliphatic hydroxyl groups excluding tert-OH is 1. The van der Waals surface area contributed by atoms with Crippen LogP contribution in [0.3, 0.4) is 0 Å². The fourth-order valence-corrected chi connectivity index (χ4v) is 6.05. The van der Waals surface area contributed by atoms with Crippen LogP contribution in [0.1, 0.15) is 57.9 Å². The van der Waals surface area contributed by atoms with Crippen molar-refractivity contribution in [1.82, 2.24) is 20.9 Å². The Labute approximate surface area is 259 Å². The number of nitrogens with one attached hydrogen (secondary N) is 3. The smallest absolute Gasteiger partial charge is 0.337 e. The van der Waals surface area contributed by atoms with E-state index in [2.05, 4.69) is 16.0 Å². The van der Waals surface area contributed by atoms with Crippen LogP contribution in [0.4, 0.5) is 4.79 Å². The van der Waals surface area contributed by atoms with Crippen molar-refractivity contribution < 1.29 is 33.8 Å². The van der Waals surface area contributed by atoms with Gasteiger partial charge < -0.3 is 35.4 Å². The molecule has 0 bridgehead atoms. The molecule has 0 aromatic heterocycles. The lowest BCUT2D eigenvalue weighted by Gasteiger charge is -2.31. The Kier molecular flexibility index (Phi) is 14.6. The van der Waals surface area contributed by atoms with Gasteiger partial charge in [-0.05, 0) is 38.0 Å². The number of benzene rings is 1. The van der Waals surface area contributed by atoms with E-state index in [4.69, 9.17) is 9.47 Å². The molecule has 0 radical (unpaired) electrons. The van der Waals surface area contributed by atoms with Gasteiger partial charge in [0.25, 0.3) is 0 Å². The molecule has 3 rings (SSSR count). The largest absolute Gasteiger partial charge is 0.461 e. The van der Waals surface area contributed by atoms with Crippen molar-refractivity contribution in [2.45, 2.75) is 89.1 Å². The van der Waals surface area contributed by atoms with E-state index in [-0.39, 0.29) is 24.1 Å². The van der Waals surface area contributed by atoms with Crippen molar-refractivity contribution in [2.24, 2.45) is 5.92 Å². The third-order valence-corrected chi connectivity index (χ3v) is 8.44. The van der Waals surface area contributed by atoms with Gasteiger partial charge in [0.2, 0.25) is 11.8 Å². The molecule has 2 aliphatic rings. The predicted molar refractivity (Wildman–Crippen MR) is 166 cm³/mol. The van der Waals surface area contributed by atoms with Gasteiger partial charge in [-0.15, -0.1) is 0 Å². The van der Waals surface area contributed by atoms with Crippen LogP contribution in [0.2, 0.25) is 0 Å². The van der Waals surface area contributed by atoms with E-state index >= 15 is 0 Å². The van der Waals surface area contributed by atoms with E-state index in [0.717, 1.165) is 37.7 Å². The Morgan fingerprint density at radius 2 is 1.63 bits per heavy atom. The second kappa shape index (κ2) is 18.1. The molecule has 240 valence electrons. The molecule has 1 aliphatic heterocycles. The van der Waals surface area contributed by atoms with Gasteiger partial charge in [0.1, 0.15) is 12.1 Å². The third kappa shape index (κ3) is 11.6. The van der Waals surface area contributed by atoms with Crippen molar-refractivity contribution in [3.8, 4) is 0 Å². The number of morpholine rings is 1.